The molecule has 0 fully saturated rings. The monoisotopic (exact) mass is 231 g/mol. The second-order valence-electron chi connectivity index (χ2n) is 3.30. The molecule has 8 heteroatoms. The van der Waals surface area contributed by atoms with E-state index in [0.29, 0.717) is 5.82 Å². The van der Waals surface area contributed by atoms with Gasteiger partial charge in [0.15, 0.2) is 9.84 Å². The lowest BCUT2D eigenvalue weighted by Crippen LogP contribution is -2.15. The maximum absolute atomic E-state index is 11.3. The SMILES string of the molecule is O=C(O)c1nnc2n1CCS(=O)(=O)CC2. The maximum atomic E-state index is 11.3. The average Bonchev–Trinajstić information content (AvgIpc) is 2.49. The number of sulfone groups is 1. The Morgan fingerprint density at radius 1 is 1.33 bits per heavy atom. The van der Waals surface area contributed by atoms with Crippen LogP contribution < -0.4 is 0 Å². The topological polar surface area (TPSA) is 102 Å². The zero-order valence-corrected chi connectivity index (χ0v) is 8.57. The molecule has 0 bridgehead atoms. The van der Waals surface area contributed by atoms with Crippen LogP contribution in [-0.4, -0.2) is 45.8 Å². The lowest BCUT2D eigenvalue weighted by Gasteiger charge is -2.01. The van der Waals surface area contributed by atoms with Gasteiger partial charge in [-0.1, -0.05) is 0 Å². The van der Waals surface area contributed by atoms with Crippen molar-refractivity contribution in [3.8, 4) is 0 Å². The van der Waals surface area contributed by atoms with Crippen LogP contribution in [0.25, 0.3) is 0 Å². The molecule has 2 heterocycles. The van der Waals surface area contributed by atoms with Gasteiger partial charge in [0.2, 0.25) is 5.82 Å². The maximum Gasteiger partial charge on any atom is 0.374 e. The van der Waals surface area contributed by atoms with Crippen molar-refractivity contribution >= 4 is 15.8 Å². The fraction of sp³-hybridized carbons (Fsp3) is 0.571. The van der Waals surface area contributed by atoms with Gasteiger partial charge in [0.25, 0.3) is 0 Å². The Hall–Kier alpha value is -1.44. The average molecular weight is 231 g/mol. The van der Waals surface area contributed by atoms with Gasteiger partial charge >= 0.3 is 5.97 Å². The summed E-state index contributed by atoms with van der Waals surface area (Å²) >= 11 is 0. The van der Waals surface area contributed by atoms with Crippen molar-refractivity contribution in [1.29, 1.82) is 0 Å². The molecular formula is C7H9N3O4S. The van der Waals surface area contributed by atoms with Gasteiger partial charge in [-0.15, -0.1) is 10.2 Å². The molecule has 2 rings (SSSR count). The Morgan fingerprint density at radius 2 is 2.07 bits per heavy atom. The Labute approximate surface area is 85.7 Å². The molecule has 0 aromatic carbocycles. The number of aryl methyl sites for hydroxylation is 1. The van der Waals surface area contributed by atoms with E-state index >= 15 is 0 Å². The highest BCUT2D eigenvalue weighted by Crippen LogP contribution is 2.10. The van der Waals surface area contributed by atoms with Gasteiger partial charge in [-0.05, 0) is 0 Å². The Balaban J connectivity index is 2.41. The van der Waals surface area contributed by atoms with Crippen molar-refractivity contribution in [2.45, 2.75) is 13.0 Å². The predicted octanol–water partition coefficient (Wildman–Crippen LogP) is -1.05. The zero-order valence-electron chi connectivity index (χ0n) is 7.75. The number of fused-ring (bicyclic) bond motifs is 1. The fourth-order valence-electron chi connectivity index (χ4n) is 1.49. The second-order valence-corrected chi connectivity index (χ2v) is 5.60. The minimum atomic E-state index is -3.08. The highest BCUT2D eigenvalue weighted by molar-refractivity contribution is 7.91. The predicted molar refractivity (Wildman–Crippen MR) is 49.3 cm³/mol. The number of hydrogen-bond donors (Lipinski definition) is 1. The van der Waals surface area contributed by atoms with Crippen molar-refractivity contribution in [2.24, 2.45) is 0 Å². The number of nitrogens with zero attached hydrogens (tertiary/aromatic N) is 3. The highest BCUT2D eigenvalue weighted by atomic mass is 32.2. The lowest BCUT2D eigenvalue weighted by atomic mass is 10.4. The van der Waals surface area contributed by atoms with E-state index < -0.39 is 15.8 Å². The first-order valence-corrected chi connectivity index (χ1v) is 6.17. The first kappa shape index (κ1) is 10.1. The summed E-state index contributed by atoms with van der Waals surface area (Å²) in [6.45, 7) is 0.117. The molecule has 82 valence electrons. The van der Waals surface area contributed by atoms with Crippen LogP contribution in [0.15, 0.2) is 0 Å². The van der Waals surface area contributed by atoms with E-state index in [1.165, 1.54) is 4.57 Å². The van der Waals surface area contributed by atoms with Crippen LogP contribution in [0, 0.1) is 0 Å². The standard InChI is InChI=1S/C7H9N3O4S/c11-7(12)6-9-8-5-1-3-15(13,14)4-2-10(5)6/h1-4H2,(H,11,12). The molecule has 0 unspecified atom stereocenters. The molecule has 0 atom stereocenters. The quantitative estimate of drug-likeness (QED) is 0.661. The van der Waals surface area contributed by atoms with E-state index in [1.807, 2.05) is 0 Å². The summed E-state index contributed by atoms with van der Waals surface area (Å²) < 4.78 is 24.0. The molecule has 0 amide bonds. The number of rotatable bonds is 1. The summed E-state index contributed by atoms with van der Waals surface area (Å²) in [4.78, 5) is 10.7. The van der Waals surface area contributed by atoms with Gasteiger partial charge in [-0.2, -0.15) is 0 Å². The number of aromatic carboxylic acids is 1. The number of carboxylic acids is 1. The van der Waals surface area contributed by atoms with Gasteiger partial charge in [0.05, 0.1) is 11.5 Å². The molecular weight excluding hydrogens is 222 g/mol. The third-order valence-electron chi connectivity index (χ3n) is 2.28. The summed E-state index contributed by atoms with van der Waals surface area (Å²) in [6.07, 6.45) is 0.225. The third-order valence-corrected chi connectivity index (χ3v) is 3.91. The smallest absolute Gasteiger partial charge is 0.374 e. The molecule has 7 nitrogen and oxygen atoms in total. The summed E-state index contributed by atoms with van der Waals surface area (Å²) in [7, 11) is -3.08. The highest BCUT2D eigenvalue weighted by Gasteiger charge is 2.24. The number of carboxylic acid groups (broad SMARTS) is 1. The molecule has 0 aliphatic carbocycles. The van der Waals surface area contributed by atoms with Crippen molar-refractivity contribution in [3.63, 3.8) is 0 Å². The van der Waals surface area contributed by atoms with E-state index in [1.54, 1.807) is 0 Å². The number of hydrogen-bond acceptors (Lipinski definition) is 5. The first-order chi connectivity index (χ1) is 6.99. The van der Waals surface area contributed by atoms with Crippen molar-refractivity contribution < 1.29 is 18.3 Å². The largest absolute Gasteiger partial charge is 0.475 e. The Bertz CT molecular complexity index is 504. The van der Waals surface area contributed by atoms with Gasteiger partial charge in [0.1, 0.15) is 5.82 Å². The molecule has 1 aliphatic rings. The van der Waals surface area contributed by atoms with Crippen LogP contribution in [-0.2, 0) is 22.8 Å². The number of carbonyl (C=O) groups is 1. The Kier molecular flexibility index (Phi) is 2.22. The van der Waals surface area contributed by atoms with Gasteiger partial charge in [-0.25, -0.2) is 13.2 Å². The molecule has 0 radical (unpaired) electrons. The van der Waals surface area contributed by atoms with Crippen LogP contribution in [0.1, 0.15) is 16.4 Å². The van der Waals surface area contributed by atoms with Gasteiger partial charge in [-0.3, -0.25) is 0 Å². The Morgan fingerprint density at radius 3 is 2.73 bits per heavy atom. The molecule has 1 aliphatic heterocycles. The molecule has 0 saturated carbocycles. The van der Waals surface area contributed by atoms with E-state index in [2.05, 4.69) is 10.2 Å². The first-order valence-electron chi connectivity index (χ1n) is 4.35. The zero-order chi connectivity index (χ0) is 11.1. The van der Waals surface area contributed by atoms with Crippen LogP contribution in [0.5, 0.6) is 0 Å². The second kappa shape index (κ2) is 3.30. The molecule has 0 spiro atoms. The lowest BCUT2D eigenvalue weighted by molar-refractivity contribution is 0.0677. The van der Waals surface area contributed by atoms with E-state index in [9.17, 15) is 13.2 Å². The van der Waals surface area contributed by atoms with E-state index in [0.717, 1.165) is 0 Å². The summed E-state index contributed by atoms with van der Waals surface area (Å²) in [5.41, 5.74) is 0. The minimum Gasteiger partial charge on any atom is -0.475 e. The molecule has 1 aromatic rings. The summed E-state index contributed by atoms with van der Waals surface area (Å²) in [5.74, 6) is -1.01. The molecule has 0 saturated heterocycles. The molecule has 1 aromatic heterocycles. The van der Waals surface area contributed by atoms with Crippen molar-refractivity contribution in [2.75, 3.05) is 11.5 Å². The molecule has 15 heavy (non-hydrogen) atoms. The fourth-order valence-corrected chi connectivity index (χ4v) is 2.65. The minimum absolute atomic E-state index is 0.00471. The normalized spacial score (nSPS) is 19.2. The van der Waals surface area contributed by atoms with Gasteiger partial charge < -0.3 is 9.67 Å². The van der Waals surface area contributed by atoms with E-state index in [4.69, 9.17) is 5.11 Å². The third kappa shape index (κ3) is 1.84. The van der Waals surface area contributed by atoms with Crippen molar-refractivity contribution in [3.05, 3.63) is 11.6 Å². The van der Waals surface area contributed by atoms with Crippen LogP contribution >= 0.6 is 0 Å². The number of aromatic nitrogens is 3. The summed E-state index contributed by atoms with van der Waals surface area (Å²) in [5, 5.41) is 16.0. The van der Waals surface area contributed by atoms with Crippen LogP contribution in [0.3, 0.4) is 0 Å². The van der Waals surface area contributed by atoms with E-state index in [-0.39, 0.29) is 30.3 Å². The van der Waals surface area contributed by atoms with Crippen LogP contribution in [0.2, 0.25) is 0 Å². The summed E-state index contributed by atoms with van der Waals surface area (Å²) in [6, 6.07) is 0. The van der Waals surface area contributed by atoms with Crippen LogP contribution in [0.4, 0.5) is 0 Å². The van der Waals surface area contributed by atoms with Crippen molar-refractivity contribution in [1.82, 2.24) is 14.8 Å². The molecule has 1 N–H and O–H groups in total. The van der Waals surface area contributed by atoms with Gasteiger partial charge in [0, 0.05) is 13.0 Å².